The molecule has 4 nitrogen and oxygen atoms in total. The van der Waals surface area contributed by atoms with Gasteiger partial charge in [0.2, 0.25) is 5.91 Å². The number of nitrogens with one attached hydrogen (secondary N) is 2. The molecule has 0 aromatic heterocycles. The van der Waals surface area contributed by atoms with Crippen LogP contribution in [0.3, 0.4) is 0 Å². The molecule has 0 bridgehead atoms. The number of alkyl halides is 2. The first-order valence-electron chi connectivity index (χ1n) is 8.12. The van der Waals surface area contributed by atoms with E-state index < -0.39 is 6.61 Å². The molecular weight excluding hydrogens is 302 g/mol. The smallest absolute Gasteiger partial charge is 0.387 e. The molecule has 128 valence electrons. The van der Waals surface area contributed by atoms with E-state index in [-0.39, 0.29) is 23.7 Å². The number of amides is 1. The standard InChI is InChI=1S/C17H24F2N2O2/c1-12(21-15-4-2-3-11-20-16(15)22)5-6-13-7-9-14(10-8-13)23-17(18)19/h7-10,12,15,17,21H,2-6,11H2,1H3,(H,20,22). The molecule has 1 fully saturated rings. The Hall–Kier alpha value is -1.69. The normalized spacial score (nSPS) is 20.0. The lowest BCUT2D eigenvalue weighted by atomic mass is 10.0. The van der Waals surface area contributed by atoms with Crippen molar-refractivity contribution < 1.29 is 18.3 Å². The minimum Gasteiger partial charge on any atom is -0.435 e. The summed E-state index contributed by atoms with van der Waals surface area (Å²) in [5.74, 6) is 0.257. The number of halogens is 2. The molecule has 1 amide bonds. The summed E-state index contributed by atoms with van der Waals surface area (Å²) in [6.07, 6.45) is 4.65. The van der Waals surface area contributed by atoms with Crippen molar-refractivity contribution in [1.82, 2.24) is 10.6 Å². The van der Waals surface area contributed by atoms with Crippen molar-refractivity contribution in [3.05, 3.63) is 29.8 Å². The van der Waals surface area contributed by atoms with Crippen LogP contribution < -0.4 is 15.4 Å². The second-order valence-corrected chi connectivity index (χ2v) is 5.97. The third-order valence-electron chi connectivity index (χ3n) is 4.04. The van der Waals surface area contributed by atoms with Crippen molar-refractivity contribution in [2.45, 2.75) is 57.7 Å². The lowest BCUT2D eigenvalue weighted by Crippen LogP contribution is -2.46. The van der Waals surface area contributed by atoms with Gasteiger partial charge in [0.05, 0.1) is 6.04 Å². The van der Waals surface area contributed by atoms with Gasteiger partial charge in [-0.3, -0.25) is 4.79 Å². The summed E-state index contributed by atoms with van der Waals surface area (Å²) in [5, 5.41) is 6.30. The van der Waals surface area contributed by atoms with Crippen LogP contribution in [0.5, 0.6) is 5.75 Å². The molecule has 0 saturated carbocycles. The molecule has 2 N–H and O–H groups in total. The van der Waals surface area contributed by atoms with Gasteiger partial charge in [0, 0.05) is 12.6 Å². The summed E-state index contributed by atoms with van der Waals surface area (Å²) >= 11 is 0. The summed E-state index contributed by atoms with van der Waals surface area (Å²) in [6, 6.07) is 6.79. The Morgan fingerprint density at radius 2 is 2.04 bits per heavy atom. The number of benzene rings is 1. The van der Waals surface area contributed by atoms with E-state index in [1.54, 1.807) is 24.3 Å². The fourth-order valence-corrected chi connectivity index (χ4v) is 2.75. The second-order valence-electron chi connectivity index (χ2n) is 5.97. The SMILES string of the molecule is CC(CCc1ccc(OC(F)F)cc1)NC1CCCCNC1=O. The highest BCUT2D eigenvalue weighted by molar-refractivity contribution is 5.81. The Morgan fingerprint density at radius 3 is 2.74 bits per heavy atom. The minimum atomic E-state index is -2.80. The van der Waals surface area contributed by atoms with Gasteiger partial charge in [-0.15, -0.1) is 0 Å². The molecule has 1 aliphatic heterocycles. The Labute approximate surface area is 135 Å². The van der Waals surface area contributed by atoms with Gasteiger partial charge in [0.25, 0.3) is 0 Å². The molecule has 2 rings (SSSR count). The highest BCUT2D eigenvalue weighted by atomic mass is 19.3. The van der Waals surface area contributed by atoms with Crippen LogP contribution >= 0.6 is 0 Å². The van der Waals surface area contributed by atoms with E-state index in [0.717, 1.165) is 44.2 Å². The van der Waals surface area contributed by atoms with Gasteiger partial charge in [0.15, 0.2) is 0 Å². The van der Waals surface area contributed by atoms with Gasteiger partial charge in [-0.05, 0) is 56.7 Å². The highest BCUT2D eigenvalue weighted by Crippen LogP contribution is 2.16. The molecule has 2 unspecified atom stereocenters. The number of carbonyl (C=O) groups is 1. The van der Waals surface area contributed by atoms with Crippen molar-refractivity contribution in [2.24, 2.45) is 0 Å². The van der Waals surface area contributed by atoms with Crippen LogP contribution in [0.1, 0.15) is 38.2 Å². The summed E-state index contributed by atoms with van der Waals surface area (Å²) in [7, 11) is 0. The average molecular weight is 326 g/mol. The maximum absolute atomic E-state index is 12.1. The van der Waals surface area contributed by atoms with E-state index >= 15 is 0 Å². The van der Waals surface area contributed by atoms with Gasteiger partial charge in [-0.2, -0.15) is 8.78 Å². The van der Waals surface area contributed by atoms with E-state index in [4.69, 9.17) is 0 Å². The van der Waals surface area contributed by atoms with Gasteiger partial charge in [0.1, 0.15) is 5.75 Å². The Balaban J connectivity index is 1.77. The largest absolute Gasteiger partial charge is 0.435 e. The van der Waals surface area contributed by atoms with E-state index in [9.17, 15) is 13.6 Å². The number of hydrogen-bond donors (Lipinski definition) is 2. The Morgan fingerprint density at radius 1 is 1.30 bits per heavy atom. The predicted molar refractivity (Wildman–Crippen MR) is 84.6 cm³/mol. The van der Waals surface area contributed by atoms with Crippen LogP contribution in [0, 0.1) is 0 Å². The number of ether oxygens (including phenoxy) is 1. The van der Waals surface area contributed by atoms with Crippen LogP contribution in [0.15, 0.2) is 24.3 Å². The Bertz CT molecular complexity index is 494. The highest BCUT2D eigenvalue weighted by Gasteiger charge is 2.21. The summed E-state index contributed by atoms with van der Waals surface area (Å²) in [5.41, 5.74) is 1.06. The average Bonchev–Trinajstić information content (AvgIpc) is 2.71. The van der Waals surface area contributed by atoms with Crippen LogP contribution in [0.25, 0.3) is 0 Å². The molecular formula is C17H24F2N2O2. The van der Waals surface area contributed by atoms with Gasteiger partial charge in [-0.1, -0.05) is 12.1 Å². The molecule has 1 aliphatic rings. The minimum absolute atomic E-state index is 0.0860. The van der Waals surface area contributed by atoms with Crippen LogP contribution in [0.2, 0.25) is 0 Å². The molecule has 1 aromatic rings. The fraction of sp³-hybridized carbons (Fsp3) is 0.588. The first kappa shape index (κ1) is 17.7. The lowest BCUT2D eigenvalue weighted by Gasteiger charge is -2.21. The van der Waals surface area contributed by atoms with E-state index in [1.807, 2.05) is 0 Å². The van der Waals surface area contributed by atoms with Gasteiger partial charge >= 0.3 is 6.61 Å². The van der Waals surface area contributed by atoms with Crippen molar-refractivity contribution >= 4 is 5.91 Å². The van der Waals surface area contributed by atoms with Crippen molar-refractivity contribution in [3.63, 3.8) is 0 Å². The second kappa shape index (κ2) is 8.82. The molecule has 0 aliphatic carbocycles. The first-order valence-corrected chi connectivity index (χ1v) is 8.12. The molecule has 1 heterocycles. The molecule has 0 spiro atoms. The zero-order chi connectivity index (χ0) is 16.7. The molecule has 0 radical (unpaired) electrons. The topological polar surface area (TPSA) is 50.4 Å². The third kappa shape index (κ3) is 6.14. The monoisotopic (exact) mass is 326 g/mol. The maximum atomic E-state index is 12.1. The Kier molecular flexibility index (Phi) is 6.77. The maximum Gasteiger partial charge on any atom is 0.387 e. The molecule has 2 atom stereocenters. The molecule has 6 heteroatoms. The van der Waals surface area contributed by atoms with Gasteiger partial charge in [-0.25, -0.2) is 0 Å². The zero-order valence-corrected chi connectivity index (χ0v) is 13.4. The fourth-order valence-electron chi connectivity index (χ4n) is 2.75. The molecule has 1 saturated heterocycles. The summed E-state index contributed by atoms with van der Waals surface area (Å²) < 4.78 is 28.5. The number of carbonyl (C=O) groups excluding carboxylic acids is 1. The van der Waals surface area contributed by atoms with Gasteiger partial charge < -0.3 is 15.4 Å². The third-order valence-corrected chi connectivity index (χ3v) is 4.04. The summed E-state index contributed by atoms with van der Waals surface area (Å²) in [4.78, 5) is 11.9. The quantitative estimate of drug-likeness (QED) is 0.810. The van der Waals surface area contributed by atoms with Crippen LogP contribution in [0.4, 0.5) is 8.78 Å². The van der Waals surface area contributed by atoms with Crippen LogP contribution in [-0.2, 0) is 11.2 Å². The van der Waals surface area contributed by atoms with Crippen molar-refractivity contribution in [1.29, 1.82) is 0 Å². The van der Waals surface area contributed by atoms with Crippen molar-refractivity contribution in [3.8, 4) is 5.75 Å². The first-order chi connectivity index (χ1) is 11.0. The number of rotatable bonds is 7. The molecule has 1 aromatic carbocycles. The lowest BCUT2D eigenvalue weighted by molar-refractivity contribution is -0.123. The van der Waals surface area contributed by atoms with Crippen LogP contribution in [-0.4, -0.2) is 31.1 Å². The van der Waals surface area contributed by atoms with Crippen molar-refractivity contribution in [2.75, 3.05) is 6.54 Å². The predicted octanol–water partition coefficient (Wildman–Crippen LogP) is 2.87. The van der Waals surface area contributed by atoms with E-state index in [1.165, 1.54) is 0 Å². The van der Waals surface area contributed by atoms with E-state index in [0.29, 0.717) is 0 Å². The molecule has 23 heavy (non-hydrogen) atoms. The number of hydrogen-bond acceptors (Lipinski definition) is 3. The number of aryl methyl sites for hydroxylation is 1. The van der Waals surface area contributed by atoms with E-state index in [2.05, 4.69) is 22.3 Å². The zero-order valence-electron chi connectivity index (χ0n) is 13.4. The summed E-state index contributed by atoms with van der Waals surface area (Å²) in [6.45, 7) is 0.0287.